The highest BCUT2D eigenvalue weighted by Gasteiger charge is 2.07. The summed E-state index contributed by atoms with van der Waals surface area (Å²) in [6.45, 7) is 1.95. The average Bonchev–Trinajstić information content (AvgIpc) is 2.49. The first-order valence-electron chi connectivity index (χ1n) is 3.97. The van der Waals surface area contributed by atoms with Gasteiger partial charge >= 0.3 is 0 Å². The maximum Gasteiger partial charge on any atom is 0.134 e. The van der Waals surface area contributed by atoms with Crippen molar-refractivity contribution < 1.29 is 8.81 Å². The Bertz CT molecular complexity index is 403. The molecule has 0 unspecified atom stereocenters. The molecule has 62 valence electrons. The lowest BCUT2D eigenvalue weighted by atomic mass is 10.1. The van der Waals surface area contributed by atoms with Gasteiger partial charge in [-0.1, -0.05) is 19.1 Å². The van der Waals surface area contributed by atoms with Crippen molar-refractivity contribution in [3.8, 4) is 0 Å². The second kappa shape index (κ2) is 2.63. The van der Waals surface area contributed by atoms with Gasteiger partial charge in [0.2, 0.25) is 0 Å². The van der Waals surface area contributed by atoms with Crippen LogP contribution < -0.4 is 0 Å². The molecule has 0 fully saturated rings. The molecule has 12 heavy (non-hydrogen) atoms. The van der Waals surface area contributed by atoms with E-state index >= 15 is 0 Å². The minimum Gasteiger partial charge on any atom is -0.468 e. The van der Waals surface area contributed by atoms with Gasteiger partial charge in [-0.05, 0) is 6.07 Å². The molecule has 2 rings (SSSR count). The SMILES string of the molecule is CCc1occ2cccc(F)c12. The number of aryl methyl sites for hydroxylation is 1. The Morgan fingerprint density at radius 3 is 3.00 bits per heavy atom. The highest BCUT2D eigenvalue weighted by atomic mass is 19.1. The van der Waals surface area contributed by atoms with E-state index < -0.39 is 0 Å². The summed E-state index contributed by atoms with van der Waals surface area (Å²) in [7, 11) is 0. The van der Waals surface area contributed by atoms with E-state index in [0.29, 0.717) is 5.39 Å². The fourth-order valence-electron chi connectivity index (χ4n) is 1.39. The molecule has 0 aliphatic rings. The number of furan rings is 1. The predicted octanol–water partition coefficient (Wildman–Crippen LogP) is 3.13. The lowest BCUT2D eigenvalue weighted by Gasteiger charge is -1.92. The van der Waals surface area contributed by atoms with Gasteiger partial charge in [0.1, 0.15) is 11.6 Å². The standard InChI is InChI=1S/C10H9FO/c1-2-9-10-7(6-12-9)4-3-5-8(10)11/h3-6H,2H2,1H3. The first-order valence-corrected chi connectivity index (χ1v) is 3.97. The summed E-state index contributed by atoms with van der Waals surface area (Å²) in [6, 6.07) is 4.99. The maximum absolute atomic E-state index is 13.2. The Morgan fingerprint density at radius 2 is 2.25 bits per heavy atom. The molecular weight excluding hydrogens is 155 g/mol. The third-order valence-corrected chi connectivity index (χ3v) is 1.97. The number of rotatable bonds is 1. The summed E-state index contributed by atoms with van der Waals surface area (Å²) in [6.07, 6.45) is 2.32. The zero-order valence-electron chi connectivity index (χ0n) is 6.80. The Hall–Kier alpha value is -1.31. The molecule has 2 heteroatoms. The molecule has 1 nitrogen and oxygen atoms in total. The molecule has 1 aromatic heterocycles. The molecule has 0 radical (unpaired) electrons. The molecule has 1 aromatic carbocycles. The first-order chi connectivity index (χ1) is 5.83. The maximum atomic E-state index is 13.2. The molecule has 0 saturated heterocycles. The normalized spacial score (nSPS) is 10.8. The van der Waals surface area contributed by atoms with Gasteiger partial charge in [-0.3, -0.25) is 0 Å². The Labute approximate surface area is 69.8 Å². The molecular formula is C10H9FO. The van der Waals surface area contributed by atoms with Crippen molar-refractivity contribution in [2.24, 2.45) is 0 Å². The largest absolute Gasteiger partial charge is 0.468 e. The van der Waals surface area contributed by atoms with E-state index in [1.165, 1.54) is 6.07 Å². The minimum atomic E-state index is -0.196. The van der Waals surface area contributed by atoms with Crippen LogP contribution in [-0.2, 0) is 6.42 Å². The quantitative estimate of drug-likeness (QED) is 0.631. The summed E-state index contributed by atoms with van der Waals surface area (Å²) in [5.41, 5.74) is 0. The molecule has 0 bridgehead atoms. The zero-order chi connectivity index (χ0) is 8.55. The average molecular weight is 164 g/mol. The molecule has 0 amide bonds. The Morgan fingerprint density at radius 1 is 1.42 bits per heavy atom. The Balaban J connectivity index is 2.83. The van der Waals surface area contributed by atoms with Crippen LogP contribution in [0.15, 0.2) is 28.9 Å². The van der Waals surface area contributed by atoms with Gasteiger partial charge in [0.15, 0.2) is 0 Å². The molecule has 0 aliphatic heterocycles. The lowest BCUT2D eigenvalue weighted by Crippen LogP contribution is -1.79. The van der Waals surface area contributed by atoms with Gasteiger partial charge in [0, 0.05) is 11.8 Å². The third kappa shape index (κ3) is 0.916. The van der Waals surface area contributed by atoms with E-state index in [2.05, 4.69) is 0 Å². The summed E-state index contributed by atoms with van der Waals surface area (Å²) in [5.74, 6) is 0.529. The van der Waals surface area contributed by atoms with Gasteiger partial charge in [0.05, 0.1) is 11.6 Å². The molecule has 2 aromatic rings. The van der Waals surface area contributed by atoms with Crippen molar-refractivity contribution in [1.29, 1.82) is 0 Å². The summed E-state index contributed by atoms with van der Waals surface area (Å²) in [5, 5.41) is 1.46. The number of halogens is 1. The summed E-state index contributed by atoms with van der Waals surface area (Å²) in [4.78, 5) is 0. The van der Waals surface area contributed by atoms with E-state index in [4.69, 9.17) is 4.42 Å². The van der Waals surface area contributed by atoms with Gasteiger partial charge < -0.3 is 4.42 Å². The van der Waals surface area contributed by atoms with Crippen LogP contribution in [0.4, 0.5) is 4.39 Å². The van der Waals surface area contributed by atoms with E-state index in [0.717, 1.165) is 17.6 Å². The molecule has 0 saturated carbocycles. The van der Waals surface area contributed by atoms with Crippen molar-refractivity contribution in [3.05, 3.63) is 36.0 Å². The van der Waals surface area contributed by atoms with Gasteiger partial charge in [-0.25, -0.2) is 4.39 Å². The second-order valence-electron chi connectivity index (χ2n) is 2.72. The summed E-state index contributed by atoms with van der Waals surface area (Å²) >= 11 is 0. The van der Waals surface area contributed by atoms with Crippen LogP contribution in [0.5, 0.6) is 0 Å². The van der Waals surface area contributed by atoms with Crippen LogP contribution >= 0.6 is 0 Å². The second-order valence-corrected chi connectivity index (χ2v) is 2.72. The molecule has 1 heterocycles. The van der Waals surface area contributed by atoms with Crippen molar-refractivity contribution in [2.45, 2.75) is 13.3 Å². The van der Waals surface area contributed by atoms with Crippen LogP contribution in [-0.4, -0.2) is 0 Å². The van der Waals surface area contributed by atoms with Crippen molar-refractivity contribution in [1.82, 2.24) is 0 Å². The number of hydrogen-bond donors (Lipinski definition) is 0. The van der Waals surface area contributed by atoms with E-state index in [1.807, 2.05) is 13.0 Å². The fourth-order valence-corrected chi connectivity index (χ4v) is 1.39. The highest BCUT2D eigenvalue weighted by Crippen LogP contribution is 2.23. The van der Waals surface area contributed by atoms with Crippen LogP contribution in [0.25, 0.3) is 10.8 Å². The van der Waals surface area contributed by atoms with Crippen LogP contribution in [0.2, 0.25) is 0 Å². The number of fused-ring (bicyclic) bond motifs is 1. The van der Waals surface area contributed by atoms with Crippen LogP contribution in [0.3, 0.4) is 0 Å². The minimum absolute atomic E-state index is 0.196. The molecule has 0 aliphatic carbocycles. The number of benzene rings is 1. The van der Waals surface area contributed by atoms with E-state index in [1.54, 1.807) is 12.3 Å². The van der Waals surface area contributed by atoms with Crippen molar-refractivity contribution >= 4 is 10.8 Å². The van der Waals surface area contributed by atoms with E-state index in [-0.39, 0.29) is 5.82 Å². The van der Waals surface area contributed by atoms with Crippen LogP contribution in [0, 0.1) is 5.82 Å². The fraction of sp³-hybridized carbons (Fsp3) is 0.200. The number of hydrogen-bond acceptors (Lipinski definition) is 1. The van der Waals surface area contributed by atoms with Gasteiger partial charge in [0.25, 0.3) is 0 Å². The summed E-state index contributed by atoms with van der Waals surface area (Å²) < 4.78 is 18.4. The third-order valence-electron chi connectivity index (χ3n) is 1.97. The molecule has 0 spiro atoms. The topological polar surface area (TPSA) is 13.1 Å². The van der Waals surface area contributed by atoms with Gasteiger partial charge in [-0.2, -0.15) is 0 Å². The molecule has 0 atom stereocenters. The monoisotopic (exact) mass is 164 g/mol. The van der Waals surface area contributed by atoms with Crippen LogP contribution in [0.1, 0.15) is 12.7 Å². The Kier molecular flexibility index (Phi) is 1.61. The van der Waals surface area contributed by atoms with Gasteiger partial charge in [-0.15, -0.1) is 0 Å². The van der Waals surface area contributed by atoms with Crippen molar-refractivity contribution in [3.63, 3.8) is 0 Å². The lowest BCUT2D eigenvalue weighted by molar-refractivity contribution is 0.519. The van der Waals surface area contributed by atoms with Crippen molar-refractivity contribution in [2.75, 3.05) is 0 Å². The predicted molar refractivity (Wildman–Crippen MR) is 45.6 cm³/mol. The molecule has 0 N–H and O–H groups in total. The zero-order valence-corrected chi connectivity index (χ0v) is 6.80. The van der Waals surface area contributed by atoms with E-state index in [9.17, 15) is 4.39 Å². The smallest absolute Gasteiger partial charge is 0.134 e. The first kappa shape index (κ1) is 7.35. The highest BCUT2D eigenvalue weighted by molar-refractivity contribution is 5.84.